The average molecular weight is 653 g/mol. The normalized spacial score (nSPS) is 19.5. The summed E-state index contributed by atoms with van der Waals surface area (Å²) in [6, 6.07) is 6.44. The molecule has 0 saturated carbocycles. The van der Waals surface area contributed by atoms with Crippen molar-refractivity contribution in [3.63, 3.8) is 0 Å². The van der Waals surface area contributed by atoms with E-state index in [2.05, 4.69) is 25.5 Å². The van der Waals surface area contributed by atoms with Crippen LogP contribution >= 0.6 is 23.4 Å². The highest BCUT2D eigenvalue weighted by molar-refractivity contribution is 7.99. The van der Waals surface area contributed by atoms with Crippen LogP contribution in [0.15, 0.2) is 46.5 Å². The molecule has 45 heavy (non-hydrogen) atoms. The SMILES string of the molecule is CC1(N)CCN(c2cnc(Sc3cccc(NCc4cc5c(cc4F)C(=O)N(C4CCC(=O)NC4=O)C5=O)c3Cl)c(N)n2)CC1. The molecule has 0 bridgehead atoms. The van der Waals surface area contributed by atoms with E-state index >= 15 is 4.39 Å². The van der Waals surface area contributed by atoms with Crippen molar-refractivity contribution in [2.75, 3.05) is 29.0 Å². The minimum absolute atomic E-state index is 0.00796. The van der Waals surface area contributed by atoms with Crippen LogP contribution in [0.3, 0.4) is 0 Å². The van der Waals surface area contributed by atoms with E-state index in [1.807, 2.05) is 6.92 Å². The van der Waals surface area contributed by atoms with Crippen molar-refractivity contribution < 1.29 is 23.6 Å². The Hall–Kier alpha value is -4.27. The number of benzene rings is 2. The Labute approximate surface area is 267 Å². The molecule has 6 N–H and O–H groups in total. The van der Waals surface area contributed by atoms with E-state index in [1.165, 1.54) is 17.8 Å². The van der Waals surface area contributed by atoms with Gasteiger partial charge in [0.15, 0.2) is 5.82 Å². The van der Waals surface area contributed by atoms with Crippen LogP contribution in [0, 0.1) is 5.82 Å². The predicted octanol–water partition coefficient (Wildman–Crippen LogP) is 3.33. The number of imide groups is 2. The summed E-state index contributed by atoms with van der Waals surface area (Å²) in [5.74, 6) is -2.46. The molecule has 0 radical (unpaired) electrons. The number of rotatable bonds is 7. The first-order valence-corrected chi connectivity index (χ1v) is 15.5. The second-order valence-corrected chi connectivity index (χ2v) is 13.0. The number of piperidine rings is 2. The number of nitrogens with one attached hydrogen (secondary N) is 2. The number of carbonyl (C=O) groups is 4. The molecule has 0 spiro atoms. The molecular weight excluding hydrogens is 623 g/mol. The van der Waals surface area contributed by atoms with E-state index in [9.17, 15) is 19.2 Å². The van der Waals surface area contributed by atoms with Gasteiger partial charge in [-0.1, -0.05) is 29.4 Å². The van der Waals surface area contributed by atoms with Crippen molar-refractivity contribution in [3.05, 3.63) is 64.1 Å². The number of aromatic nitrogens is 2. The van der Waals surface area contributed by atoms with Gasteiger partial charge in [-0.2, -0.15) is 0 Å². The molecule has 4 heterocycles. The quantitative estimate of drug-likeness (QED) is 0.275. The second-order valence-electron chi connectivity index (χ2n) is 11.6. The van der Waals surface area contributed by atoms with Gasteiger partial charge in [0.2, 0.25) is 11.8 Å². The number of nitrogens with zero attached hydrogens (tertiary/aromatic N) is 4. The van der Waals surface area contributed by atoms with Crippen LogP contribution in [-0.2, 0) is 16.1 Å². The number of nitrogen functional groups attached to an aromatic ring is 1. The Morgan fingerprint density at radius 3 is 2.56 bits per heavy atom. The molecular formula is C30H30ClFN8O4S. The van der Waals surface area contributed by atoms with Crippen LogP contribution in [0.25, 0.3) is 0 Å². The minimum atomic E-state index is -1.14. The van der Waals surface area contributed by atoms with E-state index in [0.29, 0.717) is 26.4 Å². The van der Waals surface area contributed by atoms with Crippen molar-refractivity contribution in [2.24, 2.45) is 5.73 Å². The third-order valence-corrected chi connectivity index (χ3v) is 9.81. The molecule has 2 fully saturated rings. The smallest absolute Gasteiger partial charge is 0.262 e. The fourth-order valence-corrected chi connectivity index (χ4v) is 6.67. The Morgan fingerprint density at radius 1 is 1.16 bits per heavy atom. The highest BCUT2D eigenvalue weighted by Crippen LogP contribution is 2.39. The van der Waals surface area contributed by atoms with Gasteiger partial charge in [-0.25, -0.2) is 14.4 Å². The van der Waals surface area contributed by atoms with Crippen LogP contribution in [0.5, 0.6) is 0 Å². The Kier molecular flexibility index (Phi) is 8.14. The topological polar surface area (TPSA) is 177 Å². The largest absolute Gasteiger partial charge is 0.381 e. The van der Waals surface area contributed by atoms with Gasteiger partial charge < -0.3 is 21.7 Å². The Balaban J connectivity index is 1.15. The summed E-state index contributed by atoms with van der Waals surface area (Å²) in [5.41, 5.74) is 12.8. The predicted molar refractivity (Wildman–Crippen MR) is 166 cm³/mol. The van der Waals surface area contributed by atoms with E-state index in [4.69, 9.17) is 23.1 Å². The van der Waals surface area contributed by atoms with Gasteiger partial charge in [0.1, 0.15) is 22.7 Å². The van der Waals surface area contributed by atoms with Crippen LogP contribution in [-0.4, -0.2) is 63.2 Å². The van der Waals surface area contributed by atoms with E-state index < -0.39 is 35.5 Å². The Morgan fingerprint density at radius 2 is 1.87 bits per heavy atom. The zero-order valence-corrected chi connectivity index (χ0v) is 25.8. The zero-order valence-electron chi connectivity index (χ0n) is 24.2. The molecule has 1 unspecified atom stereocenters. The van der Waals surface area contributed by atoms with Crippen LogP contribution in [0.2, 0.25) is 5.02 Å². The molecule has 3 aromatic rings. The van der Waals surface area contributed by atoms with Gasteiger partial charge in [0.05, 0.1) is 28.0 Å². The lowest BCUT2D eigenvalue weighted by Crippen LogP contribution is -2.54. The number of halogens is 2. The number of nitrogens with two attached hydrogens (primary N) is 2. The summed E-state index contributed by atoms with van der Waals surface area (Å²) in [5, 5.41) is 6.06. The highest BCUT2D eigenvalue weighted by atomic mass is 35.5. The molecule has 3 aliphatic heterocycles. The molecule has 1 atom stereocenters. The van der Waals surface area contributed by atoms with Gasteiger partial charge in [-0.3, -0.25) is 29.4 Å². The fraction of sp³-hybridized carbons (Fsp3) is 0.333. The number of hydrogen-bond acceptors (Lipinski definition) is 11. The van der Waals surface area contributed by atoms with Gasteiger partial charge in [0, 0.05) is 42.1 Å². The van der Waals surface area contributed by atoms with Crippen molar-refractivity contribution in [1.82, 2.24) is 20.2 Å². The maximum Gasteiger partial charge on any atom is 0.262 e. The van der Waals surface area contributed by atoms with Crippen LogP contribution in [0.1, 0.15) is 58.9 Å². The van der Waals surface area contributed by atoms with Crippen molar-refractivity contribution in [3.8, 4) is 0 Å². The second kappa shape index (κ2) is 11.9. The zero-order chi connectivity index (χ0) is 32.0. The lowest BCUT2D eigenvalue weighted by Gasteiger charge is -2.37. The first-order chi connectivity index (χ1) is 21.4. The Bertz CT molecular complexity index is 1750. The number of fused-ring (bicyclic) bond motifs is 1. The summed E-state index contributed by atoms with van der Waals surface area (Å²) in [4.78, 5) is 62.6. The first kappa shape index (κ1) is 30.7. The monoisotopic (exact) mass is 652 g/mol. The summed E-state index contributed by atoms with van der Waals surface area (Å²) >= 11 is 7.95. The third kappa shape index (κ3) is 6.04. The molecule has 1 aromatic heterocycles. The maximum absolute atomic E-state index is 15.1. The highest BCUT2D eigenvalue weighted by Gasteiger charge is 2.45. The van der Waals surface area contributed by atoms with Gasteiger partial charge in [-0.15, -0.1) is 0 Å². The first-order valence-electron chi connectivity index (χ1n) is 14.3. The van der Waals surface area contributed by atoms with Gasteiger partial charge in [0.25, 0.3) is 11.8 Å². The molecule has 0 aliphatic carbocycles. The molecule has 12 nitrogen and oxygen atoms in total. The van der Waals surface area contributed by atoms with Gasteiger partial charge in [-0.05, 0) is 50.5 Å². The number of hydrogen-bond donors (Lipinski definition) is 4. The summed E-state index contributed by atoms with van der Waals surface area (Å²) < 4.78 is 15.1. The molecule has 2 aromatic carbocycles. The molecule has 6 rings (SSSR count). The number of amides is 4. The van der Waals surface area contributed by atoms with Crippen molar-refractivity contribution in [1.29, 1.82) is 0 Å². The van der Waals surface area contributed by atoms with Crippen molar-refractivity contribution >= 4 is 64.3 Å². The van der Waals surface area contributed by atoms with E-state index in [0.717, 1.165) is 36.9 Å². The fourth-order valence-electron chi connectivity index (χ4n) is 5.55. The maximum atomic E-state index is 15.1. The summed E-state index contributed by atoms with van der Waals surface area (Å²) in [6.07, 6.45) is 3.35. The standard InChI is InChI=1S/C30H30ClFN8O4S/c1-30(34)7-9-39(10-8-30)22-14-36-27(25(33)37-22)45-21-4-2-3-19(24(21)31)35-13-15-11-16-17(12-18(15)32)29(44)40(28(16)43)20-5-6-23(41)38-26(20)42/h2-4,11-12,14,20,35H,5-10,13,34H2,1H3,(H2,33,37)(H,38,41,42). The molecule has 2 saturated heterocycles. The van der Waals surface area contributed by atoms with E-state index in [1.54, 1.807) is 24.4 Å². The summed E-state index contributed by atoms with van der Waals surface area (Å²) in [6.45, 7) is 3.52. The van der Waals surface area contributed by atoms with Crippen LogP contribution in [0.4, 0.5) is 21.7 Å². The lowest BCUT2D eigenvalue weighted by molar-refractivity contribution is -0.136. The van der Waals surface area contributed by atoms with Crippen LogP contribution < -0.4 is 27.0 Å². The summed E-state index contributed by atoms with van der Waals surface area (Å²) in [7, 11) is 0. The molecule has 4 amide bonds. The molecule has 234 valence electrons. The lowest BCUT2D eigenvalue weighted by atomic mass is 9.91. The number of anilines is 3. The minimum Gasteiger partial charge on any atom is -0.381 e. The van der Waals surface area contributed by atoms with Gasteiger partial charge >= 0.3 is 0 Å². The van der Waals surface area contributed by atoms with Crippen molar-refractivity contribution in [2.45, 2.75) is 60.7 Å². The molecule has 15 heteroatoms. The average Bonchev–Trinajstić information content (AvgIpc) is 3.22. The molecule has 3 aliphatic rings. The third-order valence-electron chi connectivity index (χ3n) is 8.23. The van der Waals surface area contributed by atoms with E-state index in [-0.39, 0.29) is 47.4 Å². The number of carbonyl (C=O) groups excluding carboxylic acids is 4.